The number of hydrogen-bond acceptors (Lipinski definition) is 3. The zero-order valence-corrected chi connectivity index (χ0v) is 15.4. The van der Waals surface area contributed by atoms with Gasteiger partial charge in [-0.15, -0.1) is 0 Å². The fourth-order valence-electron chi connectivity index (χ4n) is 3.14. The predicted molar refractivity (Wildman–Crippen MR) is 106 cm³/mol. The molecule has 4 nitrogen and oxygen atoms in total. The second kappa shape index (κ2) is 6.50. The first kappa shape index (κ1) is 16.7. The lowest BCUT2D eigenvalue weighted by atomic mass is 10.1. The summed E-state index contributed by atoms with van der Waals surface area (Å²) >= 11 is 1.01. The van der Waals surface area contributed by atoms with E-state index >= 15 is 0 Å². The molecule has 1 aliphatic rings. The number of rotatable bonds is 3. The molecule has 0 radical (unpaired) electrons. The summed E-state index contributed by atoms with van der Waals surface area (Å²) in [5.74, 6) is -0.228. The summed E-state index contributed by atoms with van der Waals surface area (Å²) in [5, 5.41) is 0.849. The highest BCUT2D eigenvalue weighted by Crippen LogP contribution is 2.34. The van der Waals surface area contributed by atoms with Crippen LogP contribution in [0.2, 0.25) is 0 Å². The number of hydrogen-bond donors (Lipinski definition) is 0. The SMILES string of the molecule is Cc1ccc(CN2C(=O)S/C(=C\c3cn(C)c4ccccc34)C2=O)cc1. The van der Waals surface area contributed by atoms with Gasteiger partial charge >= 0.3 is 0 Å². The van der Waals surface area contributed by atoms with Crippen LogP contribution in [0.3, 0.4) is 0 Å². The first-order valence-electron chi connectivity index (χ1n) is 8.38. The van der Waals surface area contributed by atoms with Gasteiger partial charge in [-0.25, -0.2) is 0 Å². The number of carbonyl (C=O) groups excluding carboxylic acids is 2. The number of aromatic nitrogens is 1. The maximum Gasteiger partial charge on any atom is 0.293 e. The number of thioether (sulfide) groups is 1. The van der Waals surface area contributed by atoms with Crippen LogP contribution in [0.1, 0.15) is 16.7 Å². The molecule has 0 unspecified atom stereocenters. The second-order valence-corrected chi connectivity index (χ2v) is 7.46. The average molecular weight is 362 g/mol. The van der Waals surface area contributed by atoms with Crippen molar-refractivity contribution in [3.05, 3.63) is 76.3 Å². The minimum Gasteiger partial charge on any atom is -0.350 e. The van der Waals surface area contributed by atoms with E-state index < -0.39 is 0 Å². The van der Waals surface area contributed by atoms with Gasteiger partial charge in [0.05, 0.1) is 11.4 Å². The first-order valence-corrected chi connectivity index (χ1v) is 9.19. The van der Waals surface area contributed by atoms with Gasteiger partial charge < -0.3 is 4.57 Å². The van der Waals surface area contributed by atoms with Crippen molar-refractivity contribution < 1.29 is 9.59 Å². The highest BCUT2D eigenvalue weighted by Gasteiger charge is 2.35. The standard InChI is InChI=1S/C21H18N2O2S/c1-14-7-9-15(10-8-14)12-23-20(24)19(26-21(23)25)11-16-13-22(2)18-6-4-3-5-17(16)18/h3-11,13H,12H2,1-2H3/b19-11-. The number of benzene rings is 2. The summed E-state index contributed by atoms with van der Waals surface area (Å²) in [5.41, 5.74) is 4.14. The van der Waals surface area contributed by atoms with Crippen LogP contribution in [0.25, 0.3) is 17.0 Å². The Morgan fingerprint density at radius 3 is 2.54 bits per heavy atom. The van der Waals surface area contributed by atoms with Crippen LogP contribution in [-0.4, -0.2) is 20.6 Å². The zero-order chi connectivity index (χ0) is 18.3. The van der Waals surface area contributed by atoms with Crippen molar-refractivity contribution in [3.8, 4) is 0 Å². The molecule has 0 N–H and O–H groups in total. The molecule has 1 aliphatic heterocycles. The fourth-order valence-corrected chi connectivity index (χ4v) is 3.97. The molecule has 4 rings (SSSR count). The van der Waals surface area contributed by atoms with Crippen LogP contribution in [0.5, 0.6) is 0 Å². The molecule has 0 aliphatic carbocycles. The summed E-state index contributed by atoms with van der Waals surface area (Å²) < 4.78 is 2.03. The van der Waals surface area contributed by atoms with Gasteiger partial charge in [0, 0.05) is 29.7 Å². The fraction of sp³-hybridized carbons (Fsp3) is 0.143. The van der Waals surface area contributed by atoms with E-state index in [1.807, 2.05) is 79.3 Å². The van der Waals surface area contributed by atoms with Gasteiger partial charge in [-0.2, -0.15) is 0 Å². The van der Waals surface area contributed by atoms with Crippen molar-refractivity contribution in [2.24, 2.45) is 7.05 Å². The van der Waals surface area contributed by atoms with Crippen LogP contribution in [0.15, 0.2) is 59.6 Å². The van der Waals surface area contributed by atoms with E-state index in [2.05, 4.69) is 0 Å². The van der Waals surface area contributed by atoms with Crippen molar-refractivity contribution in [2.75, 3.05) is 0 Å². The molecule has 1 fully saturated rings. The van der Waals surface area contributed by atoms with Gasteiger partial charge in [0.25, 0.3) is 11.1 Å². The van der Waals surface area contributed by atoms with Crippen molar-refractivity contribution in [3.63, 3.8) is 0 Å². The number of para-hydroxylation sites is 1. The van der Waals surface area contributed by atoms with Crippen molar-refractivity contribution in [1.82, 2.24) is 9.47 Å². The molecular weight excluding hydrogens is 344 g/mol. The lowest BCUT2D eigenvalue weighted by Crippen LogP contribution is -2.27. The largest absolute Gasteiger partial charge is 0.350 e. The molecule has 3 aromatic rings. The Hall–Kier alpha value is -2.79. The molecule has 0 spiro atoms. The molecule has 1 saturated heterocycles. The molecule has 1 aromatic heterocycles. The van der Waals surface area contributed by atoms with Crippen LogP contribution in [0.4, 0.5) is 4.79 Å². The zero-order valence-electron chi connectivity index (χ0n) is 14.6. The first-order chi connectivity index (χ1) is 12.5. The van der Waals surface area contributed by atoms with E-state index in [9.17, 15) is 9.59 Å². The number of nitrogens with zero attached hydrogens (tertiary/aromatic N) is 2. The van der Waals surface area contributed by atoms with Crippen LogP contribution < -0.4 is 0 Å². The molecule has 2 heterocycles. The summed E-state index contributed by atoms with van der Waals surface area (Å²) in [7, 11) is 1.98. The third-order valence-corrected chi connectivity index (χ3v) is 5.46. The van der Waals surface area contributed by atoms with E-state index in [1.54, 1.807) is 0 Å². The smallest absolute Gasteiger partial charge is 0.293 e. The number of amides is 2. The van der Waals surface area contributed by atoms with E-state index in [4.69, 9.17) is 0 Å². The molecule has 2 amide bonds. The Balaban J connectivity index is 1.64. The predicted octanol–water partition coefficient (Wildman–Crippen LogP) is 4.72. The molecule has 5 heteroatoms. The maximum absolute atomic E-state index is 12.7. The number of carbonyl (C=O) groups is 2. The average Bonchev–Trinajstić information content (AvgIpc) is 3.09. The monoisotopic (exact) mass is 362 g/mol. The topological polar surface area (TPSA) is 42.3 Å². The third-order valence-electron chi connectivity index (χ3n) is 4.55. The van der Waals surface area contributed by atoms with E-state index in [0.717, 1.165) is 39.4 Å². The Morgan fingerprint density at radius 1 is 1.04 bits per heavy atom. The Bertz CT molecular complexity index is 1050. The highest BCUT2D eigenvalue weighted by atomic mass is 32.2. The Labute approximate surface area is 156 Å². The number of imide groups is 1. The molecule has 130 valence electrons. The lowest BCUT2D eigenvalue weighted by molar-refractivity contribution is -0.123. The van der Waals surface area contributed by atoms with Gasteiger partial charge in [-0.3, -0.25) is 14.5 Å². The van der Waals surface area contributed by atoms with E-state index in [1.165, 1.54) is 4.90 Å². The van der Waals surface area contributed by atoms with Gasteiger partial charge in [0.2, 0.25) is 0 Å². The van der Waals surface area contributed by atoms with E-state index in [0.29, 0.717) is 11.4 Å². The molecular formula is C21H18N2O2S. The highest BCUT2D eigenvalue weighted by molar-refractivity contribution is 8.18. The summed E-state index contributed by atoms with van der Waals surface area (Å²) in [6.07, 6.45) is 3.81. The van der Waals surface area contributed by atoms with Crippen LogP contribution >= 0.6 is 11.8 Å². The molecule has 0 saturated carbocycles. The minimum absolute atomic E-state index is 0.220. The van der Waals surface area contributed by atoms with Gasteiger partial charge in [0.1, 0.15) is 0 Å². The minimum atomic E-state index is -0.228. The molecule has 0 bridgehead atoms. The second-order valence-electron chi connectivity index (χ2n) is 6.47. The molecule has 2 aromatic carbocycles. The molecule has 0 atom stereocenters. The molecule has 26 heavy (non-hydrogen) atoms. The summed E-state index contributed by atoms with van der Waals surface area (Å²) in [4.78, 5) is 26.9. The van der Waals surface area contributed by atoms with Crippen LogP contribution in [0, 0.1) is 6.92 Å². The lowest BCUT2D eigenvalue weighted by Gasteiger charge is -2.12. The van der Waals surface area contributed by atoms with Gasteiger partial charge in [0.15, 0.2) is 0 Å². The van der Waals surface area contributed by atoms with Gasteiger partial charge in [-0.1, -0.05) is 48.0 Å². The number of aryl methyl sites for hydroxylation is 2. The Morgan fingerprint density at radius 2 is 1.77 bits per heavy atom. The summed E-state index contributed by atoms with van der Waals surface area (Å²) in [6.45, 7) is 2.31. The van der Waals surface area contributed by atoms with Crippen LogP contribution in [-0.2, 0) is 18.4 Å². The van der Waals surface area contributed by atoms with Crippen molar-refractivity contribution >= 4 is 39.9 Å². The number of fused-ring (bicyclic) bond motifs is 1. The van der Waals surface area contributed by atoms with E-state index in [-0.39, 0.29) is 11.1 Å². The third kappa shape index (κ3) is 2.95. The maximum atomic E-state index is 12.7. The normalized spacial score (nSPS) is 16.2. The Kier molecular flexibility index (Phi) is 4.17. The van der Waals surface area contributed by atoms with Crippen molar-refractivity contribution in [1.29, 1.82) is 0 Å². The van der Waals surface area contributed by atoms with Crippen molar-refractivity contribution in [2.45, 2.75) is 13.5 Å². The van der Waals surface area contributed by atoms with Gasteiger partial charge in [-0.05, 0) is 36.4 Å². The summed E-state index contributed by atoms with van der Waals surface area (Å²) in [6, 6.07) is 15.9. The quantitative estimate of drug-likeness (QED) is 0.633.